The first-order chi connectivity index (χ1) is 7.42. The standard InChI is InChI=1S/C11H14FNO2S/c1-11(2,3)15-9-7-5-4-6-8(9)13-10(14)16-12/h4-7H,1-3H3,(H,13,14). The maximum atomic E-state index is 12.0. The van der Waals surface area contributed by atoms with Gasteiger partial charge in [0.25, 0.3) is 0 Å². The number of benzene rings is 1. The van der Waals surface area contributed by atoms with Gasteiger partial charge >= 0.3 is 5.24 Å². The Labute approximate surface area is 98.7 Å². The molecule has 0 aliphatic heterocycles. The SMILES string of the molecule is CC(C)(C)Oc1ccccc1NC(=O)SF. The van der Waals surface area contributed by atoms with Gasteiger partial charge in [0.15, 0.2) is 0 Å². The first-order valence-electron chi connectivity index (χ1n) is 4.80. The van der Waals surface area contributed by atoms with Crippen molar-refractivity contribution in [1.29, 1.82) is 0 Å². The highest BCUT2D eigenvalue weighted by Crippen LogP contribution is 2.28. The van der Waals surface area contributed by atoms with Crippen molar-refractivity contribution in [2.45, 2.75) is 26.4 Å². The molecule has 16 heavy (non-hydrogen) atoms. The minimum atomic E-state index is -0.759. The summed E-state index contributed by atoms with van der Waals surface area (Å²) in [6.45, 7) is 5.69. The van der Waals surface area contributed by atoms with Gasteiger partial charge in [0.2, 0.25) is 0 Å². The predicted molar refractivity (Wildman–Crippen MR) is 64.5 cm³/mol. The van der Waals surface area contributed by atoms with E-state index in [0.717, 1.165) is 0 Å². The summed E-state index contributed by atoms with van der Waals surface area (Å²) in [5.74, 6) is 0.525. The molecular formula is C11H14FNO2S. The van der Waals surface area contributed by atoms with Gasteiger partial charge in [-0.15, -0.1) is 0 Å². The molecule has 3 nitrogen and oxygen atoms in total. The first kappa shape index (κ1) is 12.8. The molecule has 88 valence electrons. The quantitative estimate of drug-likeness (QED) is 0.852. The minimum absolute atomic E-state index is 0.359. The first-order valence-corrected chi connectivity index (χ1v) is 5.52. The van der Waals surface area contributed by atoms with Gasteiger partial charge in [-0.05, 0) is 32.9 Å². The number of hydrogen-bond acceptors (Lipinski definition) is 3. The molecule has 0 saturated carbocycles. The highest BCUT2D eigenvalue weighted by molar-refractivity contribution is 8.09. The zero-order valence-corrected chi connectivity index (χ0v) is 10.2. The lowest BCUT2D eigenvalue weighted by atomic mass is 10.2. The fourth-order valence-corrected chi connectivity index (χ4v) is 1.27. The van der Waals surface area contributed by atoms with Crippen LogP contribution in [0.1, 0.15) is 20.8 Å². The molecule has 0 heterocycles. The Morgan fingerprint density at radius 2 is 2.00 bits per heavy atom. The van der Waals surface area contributed by atoms with Gasteiger partial charge in [0, 0.05) is 0 Å². The van der Waals surface area contributed by atoms with Crippen LogP contribution in [0, 0.1) is 0 Å². The number of carbonyl (C=O) groups excluding carboxylic acids is 1. The van der Waals surface area contributed by atoms with Gasteiger partial charge in [-0.25, -0.2) is 0 Å². The summed E-state index contributed by atoms with van der Waals surface area (Å²) in [6.07, 6.45) is 0. The van der Waals surface area contributed by atoms with Gasteiger partial charge in [-0.2, -0.15) is 3.89 Å². The molecule has 1 aromatic rings. The number of halogens is 1. The van der Waals surface area contributed by atoms with E-state index in [1.54, 1.807) is 24.3 Å². The maximum Gasteiger partial charge on any atom is 0.315 e. The van der Waals surface area contributed by atoms with Crippen LogP contribution in [0.2, 0.25) is 0 Å². The normalized spacial score (nSPS) is 11.0. The van der Waals surface area contributed by atoms with Gasteiger partial charge < -0.3 is 10.1 Å². The third kappa shape index (κ3) is 4.10. The molecule has 0 aliphatic carbocycles. The van der Waals surface area contributed by atoms with E-state index in [-0.39, 0.29) is 17.7 Å². The second-order valence-corrected chi connectivity index (χ2v) is 4.73. The van der Waals surface area contributed by atoms with E-state index in [0.29, 0.717) is 11.4 Å². The number of rotatable bonds is 2. The van der Waals surface area contributed by atoms with Crippen LogP contribution in [0.3, 0.4) is 0 Å². The number of hydrogen-bond donors (Lipinski definition) is 1. The molecule has 0 unspecified atom stereocenters. The summed E-state index contributed by atoms with van der Waals surface area (Å²) in [6, 6.07) is 6.92. The number of ether oxygens (including phenoxy) is 1. The third-order valence-corrected chi connectivity index (χ3v) is 1.85. The zero-order valence-electron chi connectivity index (χ0n) is 9.41. The fourth-order valence-electron chi connectivity index (χ4n) is 1.12. The van der Waals surface area contributed by atoms with Gasteiger partial charge in [-0.1, -0.05) is 12.1 Å². The molecule has 0 radical (unpaired) electrons. The molecule has 1 N–H and O–H groups in total. The lowest BCUT2D eigenvalue weighted by molar-refractivity contribution is 0.132. The molecule has 0 atom stereocenters. The molecule has 0 fully saturated rings. The summed E-state index contributed by atoms with van der Waals surface area (Å²) in [5.41, 5.74) is 0.0940. The minimum Gasteiger partial charge on any atom is -0.486 e. The number of para-hydroxylation sites is 2. The van der Waals surface area contributed by atoms with Crippen LogP contribution in [0.15, 0.2) is 24.3 Å². The van der Waals surface area contributed by atoms with Crippen molar-refractivity contribution in [3.63, 3.8) is 0 Å². The van der Waals surface area contributed by atoms with Crippen molar-refractivity contribution in [3.8, 4) is 5.75 Å². The number of anilines is 1. The molecule has 1 amide bonds. The Morgan fingerprint density at radius 3 is 2.56 bits per heavy atom. The summed E-state index contributed by atoms with van der Waals surface area (Å²) in [7, 11) is 0. The van der Waals surface area contributed by atoms with Crippen LogP contribution in [-0.4, -0.2) is 10.8 Å². The summed E-state index contributed by atoms with van der Waals surface area (Å²) in [5, 5.41) is 1.65. The van der Waals surface area contributed by atoms with E-state index in [1.165, 1.54) is 0 Å². The Morgan fingerprint density at radius 1 is 1.38 bits per heavy atom. The van der Waals surface area contributed by atoms with E-state index < -0.39 is 5.24 Å². The van der Waals surface area contributed by atoms with Crippen molar-refractivity contribution in [2.24, 2.45) is 0 Å². The second kappa shape index (κ2) is 5.21. The average Bonchev–Trinajstić information content (AvgIpc) is 2.18. The molecule has 0 aromatic heterocycles. The third-order valence-electron chi connectivity index (χ3n) is 1.61. The van der Waals surface area contributed by atoms with E-state index in [4.69, 9.17) is 4.74 Å². The van der Waals surface area contributed by atoms with Crippen LogP contribution < -0.4 is 10.1 Å². The highest BCUT2D eigenvalue weighted by atomic mass is 32.2. The van der Waals surface area contributed by atoms with E-state index in [1.807, 2.05) is 20.8 Å². The van der Waals surface area contributed by atoms with Crippen molar-refractivity contribution < 1.29 is 13.4 Å². The van der Waals surface area contributed by atoms with Gasteiger partial charge in [-0.3, -0.25) is 4.79 Å². The van der Waals surface area contributed by atoms with Crippen LogP contribution >= 0.6 is 12.1 Å². The zero-order chi connectivity index (χ0) is 12.2. The van der Waals surface area contributed by atoms with Crippen molar-refractivity contribution in [1.82, 2.24) is 0 Å². The predicted octanol–water partition coefficient (Wildman–Crippen LogP) is 4.01. The van der Waals surface area contributed by atoms with Crippen LogP contribution in [0.4, 0.5) is 14.4 Å². The van der Waals surface area contributed by atoms with Gasteiger partial charge in [0.05, 0.1) is 5.69 Å². The molecule has 5 heteroatoms. The lowest BCUT2D eigenvalue weighted by Gasteiger charge is -2.23. The Kier molecular flexibility index (Phi) is 4.18. The number of nitrogens with one attached hydrogen (secondary N) is 1. The molecule has 1 rings (SSSR count). The lowest BCUT2D eigenvalue weighted by Crippen LogP contribution is -2.23. The molecule has 0 saturated heterocycles. The highest BCUT2D eigenvalue weighted by Gasteiger charge is 2.15. The maximum absolute atomic E-state index is 12.0. The second-order valence-electron chi connectivity index (χ2n) is 4.20. The van der Waals surface area contributed by atoms with Crippen LogP contribution in [-0.2, 0) is 0 Å². The topological polar surface area (TPSA) is 38.3 Å². The van der Waals surface area contributed by atoms with E-state index >= 15 is 0 Å². The average molecular weight is 243 g/mol. The number of carbonyl (C=O) groups is 1. The smallest absolute Gasteiger partial charge is 0.315 e. The van der Waals surface area contributed by atoms with E-state index in [9.17, 15) is 8.68 Å². The molecule has 0 bridgehead atoms. The van der Waals surface area contributed by atoms with Gasteiger partial charge in [0.1, 0.15) is 23.5 Å². The molecular weight excluding hydrogens is 229 g/mol. The Balaban J connectivity index is 2.87. The molecule has 0 spiro atoms. The van der Waals surface area contributed by atoms with Crippen molar-refractivity contribution in [3.05, 3.63) is 24.3 Å². The summed E-state index contributed by atoms with van der Waals surface area (Å²) >= 11 is -0.359. The van der Waals surface area contributed by atoms with Crippen molar-refractivity contribution >= 4 is 23.1 Å². The molecule has 0 aliphatic rings. The summed E-state index contributed by atoms with van der Waals surface area (Å²) in [4.78, 5) is 10.9. The largest absolute Gasteiger partial charge is 0.486 e. The molecule has 1 aromatic carbocycles. The van der Waals surface area contributed by atoms with Crippen LogP contribution in [0.5, 0.6) is 5.75 Å². The van der Waals surface area contributed by atoms with Crippen molar-refractivity contribution in [2.75, 3.05) is 5.32 Å². The number of amides is 1. The van der Waals surface area contributed by atoms with Crippen LogP contribution in [0.25, 0.3) is 0 Å². The monoisotopic (exact) mass is 243 g/mol. The Bertz CT molecular complexity index is 376. The summed E-state index contributed by atoms with van der Waals surface area (Å²) < 4.78 is 17.6. The van der Waals surface area contributed by atoms with E-state index in [2.05, 4.69) is 5.32 Å². The fraction of sp³-hybridized carbons (Fsp3) is 0.364. The Hall–Kier alpha value is -1.23.